The number of fused-ring (bicyclic) bond motifs is 1. The van der Waals surface area contributed by atoms with Crippen molar-refractivity contribution in [1.29, 1.82) is 0 Å². The lowest BCUT2D eigenvalue weighted by atomic mass is 9.98. The fourth-order valence-corrected chi connectivity index (χ4v) is 19.4. The highest BCUT2D eigenvalue weighted by atomic mass is 32.2. The molecule has 0 radical (unpaired) electrons. The minimum Gasteiger partial charge on any atom is -0.400 e. The van der Waals surface area contributed by atoms with E-state index >= 15 is 0 Å². The fourth-order valence-electron chi connectivity index (χ4n) is 9.11. The van der Waals surface area contributed by atoms with Gasteiger partial charge in [0.2, 0.25) is 0 Å². The van der Waals surface area contributed by atoms with E-state index in [2.05, 4.69) is 178 Å². The Kier molecular flexibility index (Phi) is 11.7. The summed E-state index contributed by atoms with van der Waals surface area (Å²) in [5.41, 5.74) is 1.81. The number of rotatable bonds is 11. The third kappa shape index (κ3) is 8.00. The summed E-state index contributed by atoms with van der Waals surface area (Å²) in [5.74, 6) is 0. The second-order valence-corrected chi connectivity index (χ2v) is 27.8. The van der Waals surface area contributed by atoms with Gasteiger partial charge in [0, 0.05) is 37.7 Å². The average Bonchev–Trinajstić information content (AvgIpc) is 3.54. The number of hydrazone groups is 1. The van der Waals surface area contributed by atoms with Crippen molar-refractivity contribution in [2.45, 2.75) is 94.5 Å². The van der Waals surface area contributed by atoms with E-state index < -0.39 is 26.7 Å². The maximum atomic E-state index is 13.4. The molecule has 57 heavy (non-hydrogen) atoms. The van der Waals surface area contributed by atoms with Crippen molar-refractivity contribution in [3.05, 3.63) is 151 Å². The molecule has 0 spiro atoms. The number of sulfonamides is 1. The molecule has 5 aromatic carbocycles. The summed E-state index contributed by atoms with van der Waals surface area (Å²) in [6, 6.07) is 50.0. The van der Waals surface area contributed by atoms with Gasteiger partial charge in [0.25, 0.3) is 26.7 Å². The minimum absolute atomic E-state index is 0.0914. The SMILES string of the molecule is Cc1ccc(S(=O)(=O)N/N=C2\CCN3C[C@@H](O[Si](c4ccccc4)(c4ccccc4)C(C)(C)C)[C@H](O[Si](c4ccccc4)(c4ccccc4)C(C)(C)C)[C@H]3C2)cc1. The van der Waals surface area contributed by atoms with E-state index in [1.54, 1.807) is 24.3 Å². The molecule has 2 aliphatic heterocycles. The van der Waals surface area contributed by atoms with Crippen molar-refractivity contribution in [3.63, 3.8) is 0 Å². The smallest absolute Gasteiger partial charge is 0.276 e. The molecular formula is C47H57N3O4SSi2. The Morgan fingerprint density at radius 3 is 1.47 bits per heavy atom. The molecule has 10 heteroatoms. The molecule has 1 N–H and O–H groups in total. The molecule has 3 atom stereocenters. The number of hydrogen-bond acceptors (Lipinski definition) is 6. The zero-order valence-corrected chi connectivity index (χ0v) is 37.2. The van der Waals surface area contributed by atoms with Gasteiger partial charge in [0.05, 0.1) is 17.1 Å². The second-order valence-electron chi connectivity index (χ2n) is 17.7. The Labute approximate surface area is 342 Å². The van der Waals surface area contributed by atoms with Crippen molar-refractivity contribution in [1.82, 2.24) is 9.73 Å². The lowest BCUT2D eigenvalue weighted by Crippen LogP contribution is -2.71. The van der Waals surface area contributed by atoms with Crippen LogP contribution in [0.2, 0.25) is 10.1 Å². The van der Waals surface area contributed by atoms with Gasteiger partial charge in [-0.2, -0.15) is 13.5 Å². The molecule has 0 aromatic heterocycles. The van der Waals surface area contributed by atoms with Crippen LogP contribution in [0.4, 0.5) is 0 Å². The highest BCUT2D eigenvalue weighted by molar-refractivity contribution is 7.89. The predicted octanol–water partition coefficient (Wildman–Crippen LogP) is 7.00. The Bertz CT molecular complexity index is 2170. The van der Waals surface area contributed by atoms with Crippen molar-refractivity contribution in [2.75, 3.05) is 13.1 Å². The Morgan fingerprint density at radius 2 is 1.05 bits per heavy atom. The number of nitrogens with zero attached hydrogens (tertiary/aromatic N) is 2. The van der Waals surface area contributed by atoms with Gasteiger partial charge in [-0.05, 0) is 49.9 Å². The predicted molar refractivity (Wildman–Crippen MR) is 239 cm³/mol. The number of hydrogen-bond donors (Lipinski definition) is 1. The van der Waals surface area contributed by atoms with Crippen LogP contribution < -0.4 is 25.6 Å². The molecule has 2 heterocycles. The van der Waals surface area contributed by atoms with E-state index in [0.29, 0.717) is 19.4 Å². The number of piperidine rings is 1. The lowest BCUT2D eigenvalue weighted by Gasteiger charge is -2.49. The van der Waals surface area contributed by atoms with Crippen LogP contribution in [0.25, 0.3) is 0 Å². The van der Waals surface area contributed by atoms with Gasteiger partial charge in [-0.3, -0.25) is 4.90 Å². The fraction of sp³-hybridized carbons (Fsp3) is 0.340. The van der Waals surface area contributed by atoms with Crippen LogP contribution in [0.15, 0.2) is 156 Å². The first-order valence-electron chi connectivity index (χ1n) is 20.1. The molecule has 0 unspecified atom stereocenters. The van der Waals surface area contributed by atoms with Gasteiger partial charge in [-0.25, -0.2) is 4.83 Å². The van der Waals surface area contributed by atoms with Crippen LogP contribution in [0.5, 0.6) is 0 Å². The Balaban J connectivity index is 1.37. The topological polar surface area (TPSA) is 80.2 Å². The number of benzene rings is 5. The van der Waals surface area contributed by atoms with Gasteiger partial charge in [-0.1, -0.05) is 181 Å². The molecule has 2 aliphatic rings. The van der Waals surface area contributed by atoms with Crippen molar-refractivity contribution >= 4 is 53.1 Å². The summed E-state index contributed by atoms with van der Waals surface area (Å²) < 4.78 is 43.0. The molecule has 0 aliphatic carbocycles. The van der Waals surface area contributed by atoms with E-state index in [1.807, 2.05) is 6.92 Å². The first-order valence-corrected chi connectivity index (χ1v) is 25.4. The zero-order valence-electron chi connectivity index (χ0n) is 34.4. The molecule has 2 saturated heterocycles. The third-order valence-electron chi connectivity index (χ3n) is 11.9. The Morgan fingerprint density at radius 1 is 0.632 bits per heavy atom. The molecule has 298 valence electrons. The average molecular weight is 816 g/mol. The largest absolute Gasteiger partial charge is 0.400 e. The van der Waals surface area contributed by atoms with Gasteiger partial charge in [0.15, 0.2) is 0 Å². The molecule has 5 aromatic rings. The van der Waals surface area contributed by atoms with E-state index in [0.717, 1.165) is 17.8 Å². The maximum absolute atomic E-state index is 13.4. The van der Waals surface area contributed by atoms with Crippen LogP contribution in [0, 0.1) is 6.92 Å². The maximum Gasteiger partial charge on any atom is 0.276 e. The second kappa shape index (κ2) is 16.2. The monoisotopic (exact) mass is 815 g/mol. The standard InChI is InChI=1S/C47H57N3O4SSi2/c1-36-28-30-38(31-29-36)55(51,52)49-48-37-32-33-50-35-44(53-56(46(2,3)4,39-20-12-8-13-21-39)40-22-14-9-15-23-40)45(43(50)34-37)54-57(47(5,6)7,41-24-16-10-17-25-41)42-26-18-11-19-27-42/h8-31,43-45,49H,32-35H2,1-7H3/b48-37+/t43-,44-,45-/m1/s1. The number of nitrogens with one attached hydrogen (secondary N) is 1. The van der Waals surface area contributed by atoms with E-state index in [4.69, 9.17) is 8.85 Å². The Hall–Kier alpha value is -4.17. The van der Waals surface area contributed by atoms with Gasteiger partial charge < -0.3 is 8.85 Å². The van der Waals surface area contributed by atoms with E-state index in [1.165, 1.54) is 20.7 Å². The van der Waals surface area contributed by atoms with Crippen molar-refractivity contribution in [3.8, 4) is 0 Å². The minimum atomic E-state index is -3.84. The molecule has 7 nitrogen and oxygen atoms in total. The summed E-state index contributed by atoms with van der Waals surface area (Å²) in [7, 11) is -9.93. The molecular weight excluding hydrogens is 759 g/mol. The van der Waals surface area contributed by atoms with E-state index in [9.17, 15) is 8.42 Å². The first kappa shape index (κ1) is 41.0. The van der Waals surface area contributed by atoms with Crippen LogP contribution in [0.3, 0.4) is 0 Å². The lowest BCUT2D eigenvalue weighted by molar-refractivity contribution is 0.0576. The molecule has 0 saturated carbocycles. The number of aryl methyl sites for hydroxylation is 1. The molecule has 2 fully saturated rings. The summed E-state index contributed by atoms with van der Waals surface area (Å²) in [5, 5.41) is 9.00. The summed E-state index contributed by atoms with van der Waals surface area (Å²) in [6.07, 6.45) is 0.564. The van der Waals surface area contributed by atoms with Crippen LogP contribution in [0.1, 0.15) is 59.9 Å². The van der Waals surface area contributed by atoms with Crippen LogP contribution >= 0.6 is 0 Å². The summed E-state index contributed by atoms with van der Waals surface area (Å²) >= 11 is 0. The first-order chi connectivity index (χ1) is 27.2. The zero-order chi connectivity index (χ0) is 40.5. The highest BCUT2D eigenvalue weighted by Gasteiger charge is 2.59. The highest BCUT2D eigenvalue weighted by Crippen LogP contribution is 2.44. The quantitative estimate of drug-likeness (QED) is 0.115. The van der Waals surface area contributed by atoms with Gasteiger partial charge >= 0.3 is 0 Å². The van der Waals surface area contributed by atoms with Crippen LogP contribution in [-0.4, -0.2) is 67.0 Å². The summed E-state index contributed by atoms with van der Waals surface area (Å²) in [6.45, 7) is 17.3. The van der Waals surface area contributed by atoms with Crippen LogP contribution in [-0.2, 0) is 18.9 Å². The van der Waals surface area contributed by atoms with Gasteiger partial charge in [0.1, 0.15) is 0 Å². The molecule has 0 bridgehead atoms. The third-order valence-corrected chi connectivity index (χ3v) is 23.2. The van der Waals surface area contributed by atoms with Gasteiger partial charge in [-0.15, -0.1) is 0 Å². The summed E-state index contributed by atoms with van der Waals surface area (Å²) in [4.78, 5) is 5.29. The van der Waals surface area contributed by atoms with E-state index in [-0.39, 0.29) is 33.2 Å². The molecule has 0 amide bonds. The normalized spacial score (nSPS) is 20.3. The molecule has 7 rings (SSSR count). The van der Waals surface area contributed by atoms with Crippen molar-refractivity contribution in [2.24, 2.45) is 5.10 Å². The van der Waals surface area contributed by atoms with Crippen molar-refractivity contribution < 1.29 is 17.3 Å².